The maximum atomic E-state index is 11.5. The summed E-state index contributed by atoms with van der Waals surface area (Å²) in [6.07, 6.45) is 2.08. The molecule has 1 saturated heterocycles. The Labute approximate surface area is 103 Å². The van der Waals surface area contributed by atoms with Crippen molar-refractivity contribution in [1.82, 2.24) is 0 Å². The molecule has 2 unspecified atom stereocenters. The topological polar surface area (TPSA) is 17.1 Å². The molecule has 0 amide bonds. The van der Waals surface area contributed by atoms with E-state index in [0.29, 0.717) is 15.4 Å². The number of hydrogen-bond acceptors (Lipinski definition) is 5. The highest BCUT2D eigenvalue weighted by molar-refractivity contribution is 8.27. The fraction of sp³-hybridized carbons (Fsp3) is 0.667. The van der Waals surface area contributed by atoms with Crippen molar-refractivity contribution in [1.29, 1.82) is 0 Å². The van der Waals surface area contributed by atoms with Gasteiger partial charge in [0.2, 0.25) is 5.12 Å². The van der Waals surface area contributed by atoms with Gasteiger partial charge in [-0.15, -0.1) is 35.3 Å². The molecule has 1 aliphatic rings. The highest BCUT2D eigenvalue weighted by atomic mass is 32.2. The van der Waals surface area contributed by atoms with Gasteiger partial charge in [0, 0.05) is 16.1 Å². The number of carbonyl (C=O) groups is 1. The number of hydrogen-bond donors (Lipinski definition) is 0. The van der Waals surface area contributed by atoms with Crippen molar-refractivity contribution in [2.45, 2.75) is 16.8 Å². The molecular formula is C9H14OS4. The zero-order valence-electron chi connectivity index (χ0n) is 8.32. The summed E-state index contributed by atoms with van der Waals surface area (Å²) in [6, 6.07) is 0. The second kappa shape index (κ2) is 6.40. The Hall–Kier alpha value is 0.810. The largest absolute Gasteiger partial charge is 0.282 e. The Bertz CT molecular complexity index is 223. The fourth-order valence-corrected chi connectivity index (χ4v) is 6.63. The van der Waals surface area contributed by atoms with Gasteiger partial charge in [0.1, 0.15) is 0 Å². The van der Waals surface area contributed by atoms with Crippen LogP contribution in [-0.2, 0) is 4.79 Å². The minimum atomic E-state index is 0.141. The first-order valence-electron chi connectivity index (χ1n) is 4.23. The third kappa shape index (κ3) is 3.76. The van der Waals surface area contributed by atoms with Crippen LogP contribution in [-0.4, -0.2) is 32.0 Å². The van der Waals surface area contributed by atoms with Crippen LogP contribution in [0, 0.1) is 0 Å². The SMILES string of the molecule is C=C(C)C(=O)SC(SC)C1CSCS1. The van der Waals surface area contributed by atoms with Crippen molar-refractivity contribution >= 4 is 52.2 Å². The predicted octanol–water partition coefficient (Wildman–Crippen LogP) is 3.32. The lowest BCUT2D eigenvalue weighted by Gasteiger charge is -2.18. The fourth-order valence-electron chi connectivity index (χ4n) is 0.987. The van der Waals surface area contributed by atoms with Crippen LogP contribution in [0.5, 0.6) is 0 Å². The lowest BCUT2D eigenvalue weighted by atomic mass is 10.4. The molecule has 0 spiro atoms. The Kier molecular flexibility index (Phi) is 5.89. The van der Waals surface area contributed by atoms with Crippen molar-refractivity contribution in [3.63, 3.8) is 0 Å². The summed E-state index contributed by atoms with van der Waals surface area (Å²) in [4.78, 5) is 11.5. The number of rotatable bonds is 4. The first kappa shape index (κ1) is 12.9. The van der Waals surface area contributed by atoms with Gasteiger partial charge in [-0.1, -0.05) is 18.3 Å². The second-order valence-electron chi connectivity index (χ2n) is 2.98. The van der Waals surface area contributed by atoms with Gasteiger partial charge in [0.05, 0.1) is 4.58 Å². The first-order chi connectivity index (χ1) is 6.65. The maximum absolute atomic E-state index is 11.5. The van der Waals surface area contributed by atoms with Crippen LogP contribution < -0.4 is 0 Å². The summed E-state index contributed by atoms with van der Waals surface area (Å²) in [6.45, 7) is 5.46. The summed E-state index contributed by atoms with van der Waals surface area (Å²) in [5.41, 5.74) is 0.657. The molecule has 0 aromatic rings. The number of carbonyl (C=O) groups excluding carboxylic acids is 1. The standard InChI is InChI=1S/C9H14OS4/c1-6(2)8(10)14-9(11-3)7-4-12-5-13-7/h7,9H,1,4-5H2,2-3H3. The van der Waals surface area contributed by atoms with Gasteiger partial charge in [0.25, 0.3) is 0 Å². The molecule has 1 fully saturated rings. The van der Waals surface area contributed by atoms with Crippen molar-refractivity contribution in [3.8, 4) is 0 Å². The van der Waals surface area contributed by atoms with Crippen molar-refractivity contribution in [3.05, 3.63) is 12.2 Å². The van der Waals surface area contributed by atoms with Gasteiger partial charge < -0.3 is 0 Å². The molecular weight excluding hydrogens is 252 g/mol. The lowest BCUT2D eigenvalue weighted by molar-refractivity contribution is -0.107. The highest BCUT2D eigenvalue weighted by Gasteiger charge is 2.27. The van der Waals surface area contributed by atoms with Gasteiger partial charge >= 0.3 is 0 Å². The minimum absolute atomic E-state index is 0.141. The second-order valence-corrected chi connectivity index (χ2v) is 8.00. The van der Waals surface area contributed by atoms with Crippen molar-refractivity contribution < 1.29 is 4.79 Å². The van der Waals surface area contributed by atoms with Crippen molar-refractivity contribution in [2.75, 3.05) is 17.1 Å². The molecule has 0 bridgehead atoms. The molecule has 14 heavy (non-hydrogen) atoms. The zero-order chi connectivity index (χ0) is 10.6. The molecule has 1 aliphatic heterocycles. The van der Waals surface area contributed by atoms with E-state index < -0.39 is 0 Å². The smallest absolute Gasteiger partial charge is 0.215 e. The van der Waals surface area contributed by atoms with Crippen LogP contribution in [0.25, 0.3) is 0 Å². The van der Waals surface area contributed by atoms with E-state index >= 15 is 0 Å². The third-order valence-corrected chi connectivity index (χ3v) is 7.77. The first-order valence-corrected chi connectivity index (χ1v) is 8.61. The average Bonchev–Trinajstić information content (AvgIpc) is 2.66. The van der Waals surface area contributed by atoms with E-state index in [2.05, 4.69) is 12.8 Å². The molecule has 0 aromatic heterocycles. The molecule has 0 N–H and O–H groups in total. The highest BCUT2D eigenvalue weighted by Crippen LogP contribution is 2.40. The van der Waals surface area contributed by atoms with E-state index in [1.165, 1.54) is 22.6 Å². The van der Waals surface area contributed by atoms with Gasteiger partial charge in [-0.2, -0.15) is 0 Å². The summed E-state index contributed by atoms with van der Waals surface area (Å²) >= 11 is 7.15. The van der Waals surface area contributed by atoms with Crippen LogP contribution in [0.3, 0.4) is 0 Å². The normalized spacial score (nSPS) is 23.4. The predicted molar refractivity (Wildman–Crippen MR) is 73.4 cm³/mol. The quantitative estimate of drug-likeness (QED) is 0.572. The summed E-state index contributed by atoms with van der Waals surface area (Å²) in [5.74, 6) is 1.17. The summed E-state index contributed by atoms with van der Waals surface area (Å²) in [7, 11) is 0. The van der Waals surface area contributed by atoms with E-state index in [0.717, 1.165) is 0 Å². The monoisotopic (exact) mass is 266 g/mol. The molecule has 0 radical (unpaired) electrons. The van der Waals surface area contributed by atoms with Crippen LogP contribution in [0.15, 0.2) is 12.2 Å². The van der Waals surface area contributed by atoms with E-state index in [4.69, 9.17) is 0 Å². The molecule has 5 heteroatoms. The average molecular weight is 266 g/mol. The summed E-state index contributed by atoms with van der Waals surface area (Å²) < 4.78 is 0.388. The molecule has 0 aliphatic carbocycles. The van der Waals surface area contributed by atoms with Crippen LogP contribution in [0.2, 0.25) is 0 Å². The van der Waals surface area contributed by atoms with Crippen LogP contribution in [0.1, 0.15) is 6.92 Å². The zero-order valence-corrected chi connectivity index (χ0v) is 11.6. The van der Waals surface area contributed by atoms with E-state index in [-0.39, 0.29) is 5.12 Å². The van der Waals surface area contributed by atoms with Gasteiger partial charge in [-0.25, -0.2) is 0 Å². The summed E-state index contributed by atoms with van der Waals surface area (Å²) in [5, 5.41) is 1.92. The molecule has 0 aromatic carbocycles. The maximum Gasteiger partial charge on any atom is 0.215 e. The molecule has 1 rings (SSSR count). The Morgan fingerprint density at radius 3 is 2.79 bits per heavy atom. The van der Waals surface area contributed by atoms with E-state index in [1.807, 2.05) is 23.5 Å². The lowest BCUT2D eigenvalue weighted by Crippen LogP contribution is -2.18. The Balaban J connectivity index is 2.45. The molecule has 2 atom stereocenters. The van der Waals surface area contributed by atoms with Crippen LogP contribution in [0.4, 0.5) is 0 Å². The molecule has 1 heterocycles. The Morgan fingerprint density at radius 1 is 1.64 bits per heavy atom. The van der Waals surface area contributed by atoms with E-state index in [9.17, 15) is 4.79 Å². The molecule has 80 valence electrons. The van der Waals surface area contributed by atoms with E-state index in [1.54, 1.807) is 18.7 Å². The minimum Gasteiger partial charge on any atom is -0.282 e. The van der Waals surface area contributed by atoms with Gasteiger partial charge in [0.15, 0.2) is 0 Å². The Morgan fingerprint density at radius 2 is 2.36 bits per heavy atom. The molecule has 0 saturated carbocycles. The number of thioether (sulfide) groups is 4. The van der Waals surface area contributed by atoms with Gasteiger partial charge in [-0.3, -0.25) is 4.79 Å². The van der Waals surface area contributed by atoms with Gasteiger partial charge in [-0.05, 0) is 18.8 Å². The van der Waals surface area contributed by atoms with Crippen molar-refractivity contribution in [2.24, 2.45) is 0 Å². The third-order valence-electron chi connectivity index (χ3n) is 1.76. The van der Waals surface area contributed by atoms with Crippen LogP contribution >= 0.6 is 47.0 Å². The molecule has 1 nitrogen and oxygen atoms in total.